The van der Waals surface area contributed by atoms with Crippen LogP contribution in [0.5, 0.6) is 5.75 Å². The van der Waals surface area contributed by atoms with Crippen LogP contribution in [0.4, 0.5) is 4.79 Å². The van der Waals surface area contributed by atoms with Crippen molar-refractivity contribution in [1.82, 2.24) is 0 Å². The Labute approximate surface area is 89.0 Å². The second-order valence-corrected chi connectivity index (χ2v) is 3.57. The Morgan fingerprint density at radius 3 is 2.93 bits per heavy atom. The van der Waals surface area contributed by atoms with Gasteiger partial charge in [0.2, 0.25) is 0 Å². The molecule has 1 aromatic carbocycles. The normalized spacial score (nSPS) is 13.4. The fraction of sp³-hybridized carbons (Fsp3) is 0.417. The van der Waals surface area contributed by atoms with E-state index < -0.39 is 6.16 Å². The fourth-order valence-corrected chi connectivity index (χ4v) is 1.86. The number of ether oxygens (including phenoxy) is 2. The van der Waals surface area contributed by atoms with Crippen molar-refractivity contribution < 1.29 is 14.3 Å². The summed E-state index contributed by atoms with van der Waals surface area (Å²) in [6.07, 6.45) is 2.78. The summed E-state index contributed by atoms with van der Waals surface area (Å²) in [6, 6.07) is 5.78. The number of fused-ring (bicyclic) bond motifs is 1. The maximum Gasteiger partial charge on any atom is 0.513 e. The van der Waals surface area contributed by atoms with Gasteiger partial charge in [-0.3, -0.25) is 0 Å². The van der Waals surface area contributed by atoms with Crippen LogP contribution in [0, 0.1) is 0 Å². The molecule has 1 aliphatic carbocycles. The molecule has 3 nitrogen and oxygen atoms in total. The minimum Gasteiger partial charge on any atom is -0.434 e. The molecule has 0 heterocycles. The molecule has 0 spiro atoms. The molecule has 0 bridgehead atoms. The van der Waals surface area contributed by atoms with Crippen LogP contribution in [0.1, 0.15) is 24.5 Å². The Balaban J connectivity index is 2.06. The molecule has 0 aliphatic heterocycles. The molecular weight excluding hydrogens is 192 g/mol. The van der Waals surface area contributed by atoms with Crippen molar-refractivity contribution in [3.63, 3.8) is 0 Å². The van der Waals surface area contributed by atoms with Crippen molar-refractivity contribution in [2.24, 2.45) is 0 Å². The molecule has 0 radical (unpaired) electrons. The van der Waals surface area contributed by atoms with Crippen LogP contribution in [0.15, 0.2) is 18.2 Å². The Morgan fingerprint density at radius 2 is 2.13 bits per heavy atom. The first-order chi connectivity index (χ1) is 7.29. The molecule has 2 rings (SSSR count). The highest BCUT2D eigenvalue weighted by Gasteiger charge is 2.12. The lowest BCUT2D eigenvalue weighted by molar-refractivity contribution is 0.104. The van der Waals surface area contributed by atoms with Gasteiger partial charge in [-0.25, -0.2) is 4.79 Å². The van der Waals surface area contributed by atoms with Gasteiger partial charge in [0.1, 0.15) is 5.75 Å². The van der Waals surface area contributed by atoms with Crippen molar-refractivity contribution in [2.45, 2.75) is 26.2 Å². The molecule has 1 aliphatic rings. The Kier molecular flexibility index (Phi) is 2.90. The third-order valence-electron chi connectivity index (χ3n) is 2.53. The van der Waals surface area contributed by atoms with Crippen LogP contribution < -0.4 is 4.74 Å². The summed E-state index contributed by atoms with van der Waals surface area (Å²) in [6.45, 7) is 2.09. The number of hydrogen-bond acceptors (Lipinski definition) is 3. The lowest BCUT2D eigenvalue weighted by atomic mass is 10.1. The Bertz CT molecular complexity index is 371. The molecule has 0 saturated carbocycles. The molecule has 0 aromatic heterocycles. The summed E-state index contributed by atoms with van der Waals surface area (Å²) in [5, 5.41) is 0. The molecule has 0 fully saturated rings. The predicted molar refractivity (Wildman–Crippen MR) is 56.1 cm³/mol. The number of aryl methyl sites for hydroxylation is 2. The second kappa shape index (κ2) is 4.34. The van der Waals surface area contributed by atoms with Crippen molar-refractivity contribution in [2.75, 3.05) is 6.61 Å². The van der Waals surface area contributed by atoms with Gasteiger partial charge in [-0.1, -0.05) is 6.07 Å². The van der Waals surface area contributed by atoms with Crippen LogP contribution in [0.2, 0.25) is 0 Å². The van der Waals surface area contributed by atoms with Gasteiger partial charge in [0.05, 0.1) is 6.61 Å². The summed E-state index contributed by atoms with van der Waals surface area (Å²) in [5.41, 5.74) is 2.66. The first-order valence-corrected chi connectivity index (χ1v) is 5.26. The van der Waals surface area contributed by atoms with E-state index in [-0.39, 0.29) is 0 Å². The number of hydrogen-bond donors (Lipinski definition) is 0. The summed E-state index contributed by atoms with van der Waals surface area (Å²) >= 11 is 0. The van der Waals surface area contributed by atoms with Gasteiger partial charge in [-0.2, -0.15) is 0 Å². The van der Waals surface area contributed by atoms with Crippen molar-refractivity contribution in [1.29, 1.82) is 0 Å². The van der Waals surface area contributed by atoms with E-state index in [0.29, 0.717) is 12.4 Å². The largest absolute Gasteiger partial charge is 0.513 e. The third kappa shape index (κ3) is 2.29. The number of carbonyl (C=O) groups is 1. The maximum absolute atomic E-state index is 11.1. The fourth-order valence-electron chi connectivity index (χ4n) is 1.86. The first kappa shape index (κ1) is 10.0. The Hall–Kier alpha value is -1.51. The van der Waals surface area contributed by atoms with E-state index in [9.17, 15) is 4.79 Å². The van der Waals surface area contributed by atoms with Gasteiger partial charge in [-0.15, -0.1) is 0 Å². The molecule has 0 saturated heterocycles. The minimum atomic E-state index is -0.629. The van der Waals surface area contributed by atoms with Crippen LogP contribution >= 0.6 is 0 Å². The van der Waals surface area contributed by atoms with Crippen LogP contribution in [0.25, 0.3) is 0 Å². The number of rotatable bonds is 2. The summed E-state index contributed by atoms with van der Waals surface area (Å²) in [5.74, 6) is 0.578. The van der Waals surface area contributed by atoms with Gasteiger partial charge >= 0.3 is 6.16 Å². The minimum absolute atomic E-state index is 0.337. The molecular formula is C12H14O3. The maximum atomic E-state index is 11.1. The van der Waals surface area contributed by atoms with E-state index in [4.69, 9.17) is 9.47 Å². The van der Waals surface area contributed by atoms with Gasteiger partial charge in [0.25, 0.3) is 0 Å². The quantitative estimate of drug-likeness (QED) is 0.551. The third-order valence-corrected chi connectivity index (χ3v) is 2.53. The topological polar surface area (TPSA) is 35.5 Å². The molecule has 80 valence electrons. The summed E-state index contributed by atoms with van der Waals surface area (Å²) in [7, 11) is 0. The van der Waals surface area contributed by atoms with Gasteiger partial charge in [0.15, 0.2) is 0 Å². The van der Waals surface area contributed by atoms with E-state index in [1.54, 1.807) is 6.92 Å². The standard InChI is InChI=1S/C12H14O3/c1-2-14-12(13)15-11-7-6-9-4-3-5-10(9)8-11/h6-8H,2-5H2,1H3. The van der Waals surface area contributed by atoms with E-state index in [1.807, 2.05) is 18.2 Å². The number of carbonyl (C=O) groups excluding carboxylic acids is 1. The predicted octanol–water partition coefficient (Wildman–Crippen LogP) is 2.71. The smallest absolute Gasteiger partial charge is 0.434 e. The SMILES string of the molecule is CCOC(=O)Oc1ccc2c(c1)CCC2. The molecule has 0 amide bonds. The zero-order valence-corrected chi connectivity index (χ0v) is 8.79. The van der Waals surface area contributed by atoms with Crippen molar-refractivity contribution in [3.05, 3.63) is 29.3 Å². The average Bonchev–Trinajstić information content (AvgIpc) is 2.65. The second-order valence-electron chi connectivity index (χ2n) is 3.57. The summed E-state index contributed by atoms with van der Waals surface area (Å²) < 4.78 is 9.72. The van der Waals surface area contributed by atoms with E-state index >= 15 is 0 Å². The highest BCUT2D eigenvalue weighted by Crippen LogP contribution is 2.26. The van der Waals surface area contributed by atoms with Gasteiger partial charge in [0, 0.05) is 0 Å². The van der Waals surface area contributed by atoms with Crippen molar-refractivity contribution in [3.8, 4) is 5.75 Å². The molecule has 0 unspecified atom stereocenters. The highest BCUT2D eigenvalue weighted by atomic mass is 16.7. The lowest BCUT2D eigenvalue weighted by Gasteiger charge is -2.05. The van der Waals surface area contributed by atoms with Crippen molar-refractivity contribution >= 4 is 6.16 Å². The highest BCUT2D eigenvalue weighted by molar-refractivity contribution is 5.64. The van der Waals surface area contributed by atoms with Crippen LogP contribution in [-0.2, 0) is 17.6 Å². The average molecular weight is 206 g/mol. The van der Waals surface area contributed by atoms with E-state index in [1.165, 1.54) is 17.5 Å². The van der Waals surface area contributed by atoms with E-state index in [2.05, 4.69) is 0 Å². The first-order valence-electron chi connectivity index (χ1n) is 5.26. The zero-order valence-electron chi connectivity index (χ0n) is 8.79. The number of benzene rings is 1. The molecule has 3 heteroatoms. The Morgan fingerprint density at radius 1 is 1.33 bits per heavy atom. The lowest BCUT2D eigenvalue weighted by Crippen LogP contribution is -2.10. The molecule has 1 aromatic rings. The zero-order chi connectivity index (χ0) is 10.7. The van der Waals surface area contributed by atoms with Crippen LogP contribution in [-0.4, -0.2) is 12.8 Å². The molecule has 0 N–H and O–H groups in total. The summed E-state index contributed by atoms with van der Waals surface area (Å²) in [4.78, 5) is 11.1. The van der Waals surface area contributed by atoms with Crippen LogP contribution in [0.3, 0.4) is 0 Å². The molecule has 0 atom stereocenters. The monoisotopic (exact) mass is 206 g/mol. The van der Waals surface area contributed by atoms with Gasteiger partial charge in [-0.05, 0) is 49.4 Å². The van der Waals surface area contributed by atoms with E-state index in [0.717, 1.165) is 12.8 Å². The molecule has 15 heavy (non-hydrogen) atoms. The van der Waals surface area contributed by atoms with Gasteiger partial charge < -0.3 is 9.47 Å².